The molecule has 1 saturated carbocycles. The first kappa shape index (κ1) is 16.1. The average Bonchev–Trinajstić information content (AvgIpc) is 3.13. The van der Waals surface area contributed by atoms with Crippen LogP contribution in [-0.4, -0.2) is 40.8 Å². The van der Waals surface area contributed by atoms with Crippen LogP contribution in [0.15, 0.2) is 24.3 Å². The SMILES string of the molecule is CC(C)(C)OC(=O)N1C[C@@H]2C[C@H]2[C@H]1C[N-]Cc1ccc(O)cc1. The zero-order chi connectivity index (χ0) is 16.6. The number of benzene rings is 1. The zero-order valence-corrected chi connectivity index (χ0v) is 14.0. The van der Waals surface area contributed by atoms with Crippen LogP contribution in [0.2, 0.25) is 0 Å². The number of piperidine rings is 1. The standard InChI is InChI=1S/C18H25N2O3/c1-18(2,3)23-17(22)20-11-13-8-15(13)16(20)10-19-9-12-4-6-14(21)7-5-12/h4-7,13,15-16,21H,8-11H2,1-3H3/q-1/t13-,15+,16+/m0/s1. The summed E-state index contributed by atoms with van der Waals surface area (Å²) in [6.07, 6.45) is 0.994. The highest BCUT2D eigenvalue weighted by atomic mass is 16.6. The summed E-state index contributed by atoms with van der Waals surface area (Å²) in [7, 11) is 0. The van der Waals surface area contributed by atoms with E-state index in [9.17, 15) is 9.90 Å². The molecule has 1 aromatic rings. The van der Waals surface area contributed by atoms with E-state index in [4.69, 9.17) is 4.74 Å². The van der Waals surface area contributed by atoms with Gasteiger partial charge in [0.2, 0.25) is 0 Å². The Kier molecular flexibility index (Phi) is 4.23. The predicted octanol–water partition coefficient (Wildman–Crippen LogP) is 3.52. The van der Waals surface area contributed by atoms with Crippen molar-refractivity contribution in [2.24, 2.45) is 11.8 Å². The van der Waals surface area contributed by atoms with Crippen molar-refractivity contribution >= 4 is 6.09 Å². The van der Waals surface area contributed by atoms with E-state index in [1.807, 2.05) is 37.8 Å². The number of rotatable bonds is 4. The van der Waals surface area contributed by atoms with Crippen LogP contribution in [0.25, 0.3) is 5.32 Å². The summed E-state index contributed by atoms with van der Waals surface area (Å²) in [4.78, 5) is 14.2. The highest BCUT2D eigenvalue weighted by molar-refractivity contribution is 5.69. The van der Waals surface area contributed by atoms with E-state index in [2.05, 4.69) is 5.32 Å². The quantitative estimate of drug-likeness (QED) is 0.924. The largest absolute Gasteiger partial charge is 0.657 e. The minimum atomic E-state index is -0.461. The third-order valence-corrected chi connectivity index (χ3v) is 4.48. The van der Waals surface area contributed by atoms with E-state index >= 15 is 0 Å². The molecular weight excluding hydrogens is 292 g/mol. The number of fused-ring (bicyclic) bond motifs is 1. The van der Waals surface area contributed by atoms with Crippen molar-refractivity contribution in [2.45, 2.75) is 45.4 Å². The van der Waals surface area contributed by atoms with Crippen LogP contribution in [0, 0.1) is 11.8 Å². The second-order valence-electron chi connectivity index (χ2n) is 7.59. The molecule has 3 atom stereocenters. The Morgan fingerprint density at radius 1 is 1.35 bits per heavy atom. The Labute approximate surface area is 137 Å². The van der Waals surface area contributed by atoms with E-state index in [1.54, 1.807) is 12.1 Å². The summed E-state index contributed by atoms with van der Waals surface area (Å²) in [5.41, 5.74) is 0.606. The second-order valence-corrected chi connectivity index (χ2v) is 7.59. The maximum atomic E-state index is 12.3. The molecule has 1 heterocycles. The molecule has 0 unspecified atom stereocenters. The monoisotopic (exact) mass is 317 g/mol. The van der Waals surface area contributed by atoms with Crippen LogP contribution in [0.5, 0.6) is 5.75 Å². The third-order valence-electron chi connectivity index (χ3n) is 4.48. The van der Waals surface area contributed by atoms with E-state index in [0.29, 0.717) is 24.9 Å². The van der Waals surface area contributed by atoms with Crippen LogP contribution in [-0.2, 0) is 11.3 Å². The highest BCUT2D eigenvalue weighted by Gasteiger charge is 2.53. The number of phenols is 1. The van der Waals surface area contributed by atoms with Gasteiger partial charge in [0.05, 0.1) is 0 Å². The molecule has 1 N–H and O–H groups in total. The number of amides is 1. The molecule has 0 radical (unpaired) electrons. The number of likely N-dealkylation sites (tertiary alicyclic amines) is 1. The molecule has 1 amide bonds. The van der Waals surface area contributed by atoms with E-state index in [0.717, 1.165) is 12.1 Å². The number of nitrogens with zero attached hydrogens (tertiary/aromatic N) is 2. The van der Waals surface area contributed by atoms with Gasteiger partial charge in [-0.1, -0.05) is 17.7 Å². The van der Waals surface area contributed by atoms with E-state index < -0.39 is 5.60 Å². The molecule has 0 aromatic heterocycles. The van der Waals surface area contributed by atoms with Crippen molar-refractivity contribution in [2.75, 3.05) is 13.1 Å². The number of carbonyl (C=O) groups is 1. The summed E-state index contributed by atoms with van der Waals surface area (Å²) in [6, 6.07) is 7.26. The number of phenolic OH excluding ortho intramolecular Hbond substituents is 1. The maximum Gasteiger partial charge on any atom is 0.410 e. The van der Waals surface area contributed by atoms with Crippen molar-refractivity contribution in [3.63, 3.8) is 0 Å². The second kappa shape index (κ2) is 6.04. The van der Waals surface area contributed by atoms with Crippen LogP contribution >= 0.6 is 0 Å². The van der Waals surface area contributed by atoms with Crippen molar-refractivity contribution in [1.29, 1.82) is 0 Å². The fraction of sp³-hybridized carbons (Fsp3) is 0.611. The van der Waals surface area contributed by atoms with E-state index in [1.165, 1.54) is 6.42 Å². The van der Waals surface area contributed by atoms with Gasteiger partial charge < -0.3 is 20.1 Å². The lowest BCUT2D eigenvalue weighted by Gasteiger charge is -2.34. The summed E-state index contributed by atoms with van der Waals surface area (Å²) < 4.78 is 5.52. The lowest BCUT2D eigenvalue weighted by molar-refractivity contribution is 0.0204. The molecule has 2 aliphatic rings. The Balaban J connectivity index is 1.53. The zero-order valence-electron chi connectivity index (χ0n) is 14.0. The van der Waals surface area contributed by atoms with Crippen LogP contribution in [0.3, 0.4) is 0 Å². The van der Waals surface area contributed by atoms with Gasteiger partial charge in [-0.2, -0.15) is 0 Å². The van der Waals surface area contributed by atoms with Gasteiger partial charge in [-0.05, 0) is 51.2 Å². The third kappa shape index (κ3) is 3.96. The molecule has 1 aliphatic heterocycles. The van der Waals surface area contributed by atoms with Gasteiger partial charge in [-0.3, -0.25) is 0 Å². The number of carbonyl (C=O) groups excluding carboxylic acids is 1. The minimum Gasteiger partial charge on any atom is -0.657 e. The molecule has 5 heteroatoms. The first-order valence-electron chi connectivity index (χ1n) is 8.24. The lowest BCUT2D eigenvalue weighted by atomic mass is 10.1. The Morgan fingerprint density at radius 3 is 2.70 bits per heavy atom. The number of ether oxygens (including phenoxy) is 1. The lowest BCUT2D eigenvalue weighted by Crippen LogP contribution is -2.43. The fourth-order valence-electron chi connectivity index (χ4n) is 3.26. The van der Waals surface area contributed by atoms with Gasteiger partial charge in [0.1, 0.15) is 11.4 Å². The van der Waals surface area contributed by atoms with Crippen molar-refractivity contribution < 1.29 is 14.6 Å². The molecule has 2 fully saturated rings. The molecule has 23 heavy (non-hydrogen) atoms. The van der Waals surface area contributed by atoms with Crippen LogP contribution in [0.4, 0.5) is 4.79 Å². The Bertz CT molecular complexity index is 565. The molecule has 0 bridgehead atoms. The van der Waals surface area contributed by atoms with Gasteiger partial charge >= 0.3 is 6.09 Å². The van der Waals surface area contributed by atoms with Gasteiger partial charge in [-0.15, -0.1) is 13.1 Å². The smallest absolute Gasteiger partial charge is 0.410 e. The first-order chi connectivity index (χ1) is 10.8. The summed E-state index contributed by atoms with van der Waals surface area (Å²) in [6.45, 7) is 7.75. The minimum absolute atomic E-state index is 0.173. The van der Waals surface area contributed by atoms with Gasteiger partial charge in [0, 0.05) is 12.6 Å². The molecule has 1 saturated heterocycles. The van der Waals surface area contributed by atoms with E-state index in [-0.39, 0.29) is 17.9 Å². The normalized spacial score (nSPS) is 26.0. The summed E-state index contributed by atoms with van der Waals surface area (Å²) >= 11 is 0. The van der Waals surface area contributed by atoms with Crippen LogP contribution in [0.1, 0.15) is 32.8 Å². The Morgan fingerprint density at radius 2 is 2.04 bits per heavy atom. The molecule has 126 valence electrons. The Hall–Kier alpha value is -1.75. The van der Waals surface area contributed by atoms with Crippen molar-refractivity contribution in [3.8, 4) is 5.75 Å². The predicted molar refractivity (Wildman–Crippen MR) is 88.4 cm³/mol. The fourth-order valence-corrected chi connectivity index (χ4v) is 3.26. The summed E-state index contributed by atoms with van der Waals surface area (Å²) in [5, 5.41) is 13.9. The highest BCUT2D eigenvalue weighted by Crippen LogP contribution is 2.50. The number of hydrogen-bond donors (Lipinski definition) is 1. The van der Waals surface area contributed by atoms with Gasteiger partial charge in [0.25, 0.3) is 0 Å². The first-order valence-corrected chi connectivity index (χ1v) is 8.24. The molecule has 3 rings (SSSR count). The molecule has 1 aliphatic carbocycles. The molecule has 5 nitrogen and oxygen atoms in total. The number of aromatic hydroxyl groups is 1. The summed E-state index contributed by atoms with van der Waals surface area (Å²) in [5.74, 6) is 1.49. The van der Waals surface area contributed by atoms with Gasteiger partial charge in [-0.25, -0.2) is 4.79 Å². The molecule has 1 aromatic carbocycles. The molecular formula is C18H25N2O3-. The van der Waals surface area contributed by atoms with Crippen molar-refractivity contribution in [1.82, 2.24) is 4.90 Å². The average molecular weight is 317 g/mol. The van der Waals surface area contributed by atoms with Crippen LogP contribution < -0.4 is 0 Å². The number of hydrogen-bond acceptors (Lipinski definition) is 3. The van der Waals surface area contributed by atoms with Gasteiger partial charge in [0.15, 0.2) is 0 Å². The van der Waals surface area contributed by atoms with Crippen molar-refractivity contribution in [3.05, 3.63) is 35.1 Å². The maximum absolute atomic E-state index is 12.3. The topological polar surface area (TPSA) is 63.9 Å². The molecule has 0 spiro atoms.